The van der Waals surface area contributed by atoms with Gasteiger partial charge in [-0.25, -0.2) is 0 Å². The second-order valence-corrected chi connectivity index (χ2v) is 29.7. The summed E-state index contributed by atoms with van der Waals surface area (Å²) in [6, 6.07) is 29.4. The Morgan fingerprint density at radius 3 is 0.674 bits per heavy atom. The minimum absolute atomic E-state index is 0.141. The van der Waals surface area contributed by atoms with E-state index in [-0.39, 0.29) is 55.4 Å². The summed E-state index contributed by atoms with van der Waals surface area (Å²) >= 11 is 0. The Kier molecular flexibility index (Phi) is 26.5. The molecule has 13 N–H and O–H groups in total. The van der Waals surface area contributed by atoms with Gasteiger partial charge >= 0.3 is 6.18 Å². The maximum Gasteiger partial charge on any atom is 0.418 e. The van der Waals surface area contributed by atoms with Crippen LogP contribution in [-0.2, 0) is 6.18 Å². The standard InChI is InChI=1S/C99H75F3N12O18/c1-9-58-81(115)64-36-104-50-16-20-52(21-17-50)106-38-66-83(117)60(11-3)88(122)71(94(66)128)44-112-76-30-15-49(33-47(76)7)80(103)79-97(131)63(14-6)91(125)74(98(79)132)43-109-55-26-24-54(25-27-55)108-40-68-85(119)62(13-5)90(124)73(96(68)130)46-114-78-32-29-57(35-75(78)99(100,101)102)111-42-70-87(121)59(10-2)82(116)65(93(70)127)37-105-51-18-22-53(23-19-51)107-39-67-84(118)61(12-4)89(123)72(95(67)129)45-113-77-31-28-56(34-48(77)8)110-41-69(86(58)120)92(64)126/h9-46,104-114H,103H2,1-8H3/b58-9+,59-10+,60-11-,61-12-,62-13-,63-14+,64-36?,65-37?,66-38?,67-39?,68-40?,69-41?,70-42?,71-44?,72-45?,73-46?,74-43?,80-79?. The van der Waals surface area contributed by atoms with Crippen LogP contribution in [0.15, 0.2) is 294 Å². The molecular weight excluding hydrogens is 1700 g/mol. The highest BCUT2D eigenvalue weighted by Gasteiger charge is 2.38. The number of Topliss-reactive ketones (excluding diaryl/α,β-unsaturated/α-hetero) is 12. The van der Waals surface area contributed by atoms with Crippen LogP contribution in [0.5, 0.6) is 0 Å². The van der Waals surface area contributed by atoms with Crippen molar-refractivity contribution in [1.82, 2.24) is 54.8 Å². The zero-order valence-corrected chi connectivity index (χ0v) is 71.0. The molecule has 10 heterocycles. The monoisotopic (exact) mass is 1780 g/mol. The van der Waals surface area contributed by atoms with Crippen LogP contribution in [0.4, 0.5) is 18.9 Å². The van der Waals surface area contributed by atoms with Crippen LogP contribution in [0.25, 0.3) is 66.1 Å². The maximum atomic E-state index is 15.0. The highest BCUT2D eigenvalue weighted by Crippen LogP contribution is 2.33. The van der Waals surface area contributed by atoms with E-state index in [1.54, 1.807) is 26.0 Å². The van der Waals surface area contributed by atoms with Crippen molar-refractivity contribution in [2.45, 2.75) is 61.6 Å². The molecular formula is C99H75F3N12O18. The molecule has 0 saturated heterocycles. The molecule has 30 nitrogen and oxygen atoms in total. The van der Waals surface area contributed by atoms with Gasteiger partial charge in [0.15, 0.2) is 0 Å². The molecule has 0 spiro atoms. The van der Waals surface area contributed by atoms with Crippen LogP contribution < -0.4 is 38.3 Å². The number of anilines is 1. The lowest BCUT2D eigenvalue weighted by atomic mass is 9.89. The number of carbonyl (C=O) groups is 12. The van der Waals surface area contributed by atoms with E-state index >= 15 is 13.2 Å². The first-order valence-electron chi connectivity index (χ1n) is 40.3. The van der Waals surface area contributed by atoms with E-state index in [1.807, 2.05) is 0 Å². The maximum absolute atomic E-state index is 15.0. The molecule has 0 saturated carbocycles. The molecule has 132 heavy (non-hydrogen) atoms. The Labute approximate surface area is 740 Å². The number of ketones is 12. The number of nitrogens with one attached hydrogen (secondary N) is 11. The van der Waals surface area contributed by atoms with Crippen molar-refractivity contribution in [2.24, 2.45) is 0 Å². The quantitative estimate of drug-likeness (QED) is 0.0495. The van der Waals surface area contributed by atoms with E-state index in [0.717, 1.165) is 86.3 Å². The average Bonchev–Trinajstić information content (AvgIpc) is 0.799. The number of benzene rings is 6. The van der Waals surface area contributed by atoms with Gasteiger partial charge in [-0.15, -0.1) is 0 Å². The lowest BCUT2D eigenvalue weighted by molar-refractivity contribution is -0.136. The Hall–Kier alpha value is -17.9. The predicted octanol–water partition coefficient (Wildman–Crippen LogP) is 15.2. The van der Waals surface area contributed by atoms with E-state index < -0.39 is 203 Å². The van der Waals surface area contributed by atoms with Gasteiger partial charge in [-0.2, -0.15) is 13.2 Å². The Morgan fingerprint density at radius 1 is 0.235 bits per heavy atom. The molecule has 6 aliphatic carbocycles. The van der Waals surface area contributed by atoms with E-state index in [9.17, 15) is 86.3 Å². The smallest absolute Gasteiger partial charge is 0.398 e. The van der Waals surface area contributed by atoms with Gasteiger partial charge in [-0.3, -0.25) is 86.3 Å². The Balaban J connectivity index is 0.949. The second-order valence-electron chi connectivity index (χ2n) is 29.7. The van der Waals surface area contributed by atoms with Crippen molar-refractivity contribution in [3.05, 3.63) is 410 Å². The number of nitrogen functional groups attached to an aromatic ring is 1. The van der Waals surface area contributed by atoms with Gasteiger partial charge in [-0.1, -0.05) is 42.5 Å². The highest BCUT2D eigenvalue weighted by molar-refractivity contribution is 6.37. The van der Waals surface area contributed by atoms with Crippen LogP contribution in [0.1, 0.15) is 183 Å². The van der Waals surface area contributed by atoms with Gasteiger partial charge in [-0.05, 0) is 193 Å². The van der Waals surface area contributed by atoms with E-state index in [1.165, 1.54) is 163 Å². The van der Waals surface area contributed by atoms with Gasteiger partial charge < -0.3 is 60.6 Å². The Bertz CT molecular complexity index is 8120. The zero-order chi connectivity index (χ0) is 95.2. The SMILES string of the molecule is C/C=C1/C(=O)c2c[nH]c3ccc(cc3)[nH]cc3c(=O)c(c[nH]c4ccc([nH]cc5c(=O)c(c[nH]c6ccc(cc6)[nH]cc6c(=O)c(c(N)c7ccc([nH]cc8c(=O)c(c[nH]c9ccc(cc9)[nH]cc9c(=O)c(c[nH]c%10ccc([nH]cc(c2=O)C1=O)c(C)c%10)C(=O)/C(=C/C)C9=O)C(=O)/C(=C/C)C8=O)c(C)c7)C(=O)/C(=C/C)C6=O)C(=O)/C(=C/C)C5=O)c(C(F)(F)F)c4)C(=O)/C(=C/C)C3=O. The normalized spacial score (nSPS) is 15.4. The fourth-order valence-electron chi connectivity index (χ4n) is 14.4. The van der Waals surface area contributed by atoms with Gasteiger partial charge in [0.05, 0.1) is 117 Å². The predicted molar refractivity (Wildman–Crippen MR) is 490 cm³/mol. The van der Waals surface area contributed by atoms with E-state index in [4.69, 9.17) is 5.73 Å². The number of hydrogen-bond donors (Lipinski definition) is 12. The number of H-pyrrole nitrogens is 11. The molecule has 33 heteroatoms. The molecule has 16 aromatic rings. The van der Waals surface area contributed by atoms with Crippen molar-refractivity contribution < 1.29 is 70.7 Å². The summed E-state index contributed by atoms with van der Waals surface area (Å²) in [5.74, 6) is -11.4. The molecule has 0 fully saturated rings. The highest BCUT2D eigenvalue weighted by atomic mass is 19.4. The van der Waals surface area contributed by atoms with Crippen molar-refractivity contribution >= 4 is 141 Å². The number of rotatable bonds is 0. The van der Waals surface area contributed by atoms with Gasteiger partial charge in [0.25, 0.3) is 0 Å². The number of hydrogen-bond acceptors (Lipinski definition) is 19. The minimum Gasteiger partial charge on any atom is -0.398 e. The Morgan fingerprint density at radius 2 is 0.432 bits per heavy atom. The number of nitrogens with two attached hydrogens (primary N) is 1. The lowest BCUT2D eigenvalue weighted by Crippen LogP contribution is -2.32. The number of aromatic amines is 11. The van der Waals surface area contributed by atoms with Crippen molar-refractivity contribution in [3.8, 4) is 0 Å². The van der Waals surface area contributed by atoms with Crippen LogP contribution in [0.2, 0.25) is 0 Å². The molecule has 660 valence electrons. The second kappa shape index (κ2) is 38.1. The summed E-state index contributed by atoms with van der Waals surface area (Å²) in [5.41, 5.74) is -7.25. The molecule has 0 atom stereocenters. The summed E-state index contributed by atoms with van der Waals surface area (Å²) in [7, 11) is 0. The fourth-order valence-corrected chi connectivity index (χ4v) is 14.4. The minimum atomic E-state index is -5.16. The lowest BCUT2D eigenvalue weighted by Gasteiger charge is -2.12. The largest absolute Gasteiger partial charge is 0.418 e. The summed E-state index contributed by atoms with van der Waals surface area (Å²) in [6.45, 7) is 11.7. The number of carbonyl (C=O) groups excluding carboxylic acids is 12. The van der Waals surface area contributed by atoms with Crippen LogP contribution in [-0.4, -0.2) is 124 Å². The number of aryl methyl sites for hydroxylation is 2. The molecule has 0 unspecified atom stereocenters. The summed E-state index contributed by atoms with van der Waals surface area (Å²) in [6.07, 6.45) is 13.4. The fraction of sp³-hybridized carbons (Fsp3) is 0.0909. The van der Waals surface area contributed by atoms with E-state index in [0.29, 0.717) is 51.0 Å². The third kappa shape index (κ3) is 18.1. The summed E-state index contributed by atoms with van der Waals surface area (Å²) in [4.78, 5) is 280. The van der Waals surface area contributed by atoms with Gasteiger partial charge in [0, 0.05) is 123 Å². The molecule has 0 aliphatic heterocycles. The first-order chi connectivity index (χ1) is 63.1. The number of aromatic nitrogens is 11. The first-order valence-corrected chi connectivity index (χ1v) is 40.3. The molecule has 0 amide bonds. The third-order valence-electron chi connectivity index (χ3n) is 21.7. The van der Waals surface area contributed by atoms with Crippen molar-refractivity contribution in [3.63, 3.8) is 0 Å². The molecule has 6 aromatic carbocycles. The molecule has 0 radical (unpaired) electrons. The van der Waals surface area contributed by atoms with Crippen molar-refractivity contribution in [1.29, 1.82) is 0 Å². The molecule has 24 bridgehead atoms. The first kappa shape index (κ1) is 91.8. The van der Waals surface area contributed by atoms with E-state index in [2.05, 4.69) is 54.8 Å². The summed E-state index contributed by atoms with van der Waals surface area (Å²) in [5, 5.41) is 0.141. The average molecular weight is 1780 g/mol. The van der Waals surface area contributed by atoms with Crippen LogP contribution in [0.3, 0.4) is 0 Å². The van der Waals surface area contributed by atoms with Crippen LogP contribution in [0, 0.1) is 13.8 Å². The number of allylic oxidation sites excluding steroid dienone is 12. The zero-order valence-electron chi connectivity index (χ0n) is 71.0. The molecule has 6 aliphatic rings. The molecule has 10 aromatic heterocycles. The van der Waals surface area contributed by atoms with Crippen LogP contribution >= 0.6 is 0 Å². The number of alkyl halides is 3. The number of halogens is 3. The molecule has 22 rings (SSSR count). The van der Waals surface area contributed by atoms with Crippen molar-refractivity contribution in [2.75, 3.05) is 5.73 Å². The third-order valence-corrected chi connectivity index (χ3v) is 21.7. The summed E-state index contributed by atoms with van der Waals surface area (Å²) < 4.78 is 45.1. The topological polar surface area (TPSA) is 507 Å². The van der Waals surface area contributed by atoms with Gasteiger partial charge in [0.2, 0.25) is 102 Å². The van der Waals surface area contributed by atoms with Gasteiger partial charge in [0.1, 0.15) is 0 Å².